The average molecular weight is 371 g/mol. The van der Waals surface area contributed by atoms with E-state index in [0.29, 0.717) is 0 Å². The van der Waals surface area contributed by atoms with Gasteiger partial charge in [0.2, 0.25) is 0 Å². The van der Waals surface area contributed by atoms with Crippen LogP contribution in [0.25, 0.3) is 16.9 Å². The summed E-state index contributed by atoms with van der Waals surface area (Å²) in [6.45, 7) is 2.06. The SMILES string of the molecule is COc1ccc(/C=N/c2c(-c3ccc(OC)cc3)nc3cc(C)ccn23)cc1. The summed E-state index contributed by atoms with van der Waals surface area (Å²) >= 11 is 0. The van der Waals surface area contributed by atoms with Crippen LogP contribution >= 0.6 is 0 Å². The first-order valence-electron chi connectivity index (χ1n) is 8.99. The van der Waals surface area contributed by atoms with Crippen molar-refractivity contribution in [3.63, 3.8) is 0 Å². The molecule has 0 spiro atoms. The van der Waals surface area contributed by atoms with E-state index in [-0.39, 0.29) is 0 Å². The summed E-state index contributed by atoms with van der Waals surface area (Å²) in [5, 5.41) is 0. The predicted molar refractivity (Wildman–Crippen MR) is 112 cm³/mol. The van der Waals surface area contributed by atoms with Crippen LogP contribution in [0.1, 0.15) is 11.1 Å². The minimum Gasteiger partial charge on any atom is -0.497 e. The molecule has 0 saturated carbocycles. The maximum absolute atomic E-state index is 5.27. The van der Waals surface area contributed by atoms with Gasteiger partial charge < -0.3 is 9.47 Å². The van der Waals surface area contributed by atoms with Crippen molar-refractivity contribution in [1.82, 2.24) is 9.38 Å². The first kappa shape index (κ1) is 17.8. The van der Waals surface area contributed by atoms with Gasteiger partial charge in [-0.15, -0.1) is 0 Å². The second-order valence-electron chi connectivity index (χ2n) is 6.48. The Morgan fingerprint density at radius 2 is 1.54 bits per heavy atom. The number of rotatable bonds is 5. The van der Waals surface area contributed by atoms with Crippen molar-refractivity contribution in [2.75, 3.05) is 14.2 Å². The summed E-state index contributed by atoms with van der Waals surface area (Å²) in [6.07, 6.45) is 3.85. The smallest absolute Gasteiger partial charge is 0.165 e. The molecule has 5 heteroatoms. The number of aryl methyl sites for hydroxylation is 1. The van der Waals surface area contributed by atoms with Crippen LogP contribution in [0.2, 0.25) is 0 Å². The van der Waals surface area contributed by atoms with Gasteiger partial charge in [-0.2, -0.15) is 0 Å². The molecule has 2 heterocycles. The second-order valence-corrected chi connectivity index (χ2v) is 6.48. The van der Waals surface area contributed by atoms with Gasteiger partial charge in [0.05, 0.1) is 14.2 Å². The molecule has 2 aromatic heterocycles. The van der Waals surface area contributed by atoms with E-state index < -0.39 is 0 Å². The van der Waals surface area contributed by atoms with Crippen molar-refractivity contribution in [3.05, 3.63) is 78.0 Å². The number of fused-ring (bicyclic) bond motifs is 1. The van der Waals surface area contributed by atoms with Gasteiger partial charge >= 0.3 is 0 Å². The molecule has 0 aliphatic carbocycles. The molecular weight excluding hydrogens is 350 g/mol. The fourth-order valence-corrected chi connectivity index (χ4v) is 3.03. The van der Waals surface area contributed by atoms with Crippen molar-refractivity contribution in [3.8, 4) is 22.8 Å². The van der Waals surface area contributed by atoms with Crippen LogP contribution in [-0.2, 0) is 0 Å². The molecule has 4 rings (SSSR count). The number of methoxy groups -OCH3 is 2. The lowest BCUT2D eigenvalue weighted by Crippen LogP contribution is -1.87. The third-order valence-corrected chi connectivity index (χ3v) is 4.57. The first-order valence-corrected chi connectivity index (χ1v) is 8.99. The molecule has 0 bridgehead atoms. The fraction of sp³-hybridized carbons (Fsp3) is 0.130. The minimum absolute atomic E-state index is 0.788. The number of imidazole rings is 1. The molecule has 0 unspecified atom stereocenters. The highest BCUT2D eigenvalue weighted by Crippen LogP contribution is 2.32. The number of nitrogens with zero attached hydrogens (tertiary/aromatic N) is 3. The molecule has 0 atom stereocenters. The van der Waals surface area contributed by atoms with Gasteiger partial charge in [0.1, 0.15) is 22.8 Å². The zero-order chi connectivity index (χ0) is 19.5. The Morgan fingerprint density at radius 1 is 0.893 bits per heavy atom. The van der Waals surface area contributed by atoms with Crippen molar-refractivity contribution in [1.29, 1.82) is 0 Å². The van der Waals surface area contributed by atoms with Crippen LogP contribution in [0.5, 0.6) is 11.5 Å². The number of hydrogen-bond acceptors (Lipinski definition) is 4. The van der Waals surface area contributed by atoms with Gasteiger partial charge in [-0.25, -0.2) is 9.98 Å². The summed E-state index contributed by atoms with van der Waals surface area (Å²) < 4.78 is 12.5. The molecule has 0 fully saturated rings. The third-order valence-electron chi connectivity index (χ3n) is 4.57. The Bertz CT molecular complexity index is 1130. The topological polar surface area (TPSA) is 48.1 Å². The van der Waals surface area contributed by atoms with Crippen molar-refractivity contribution < 1.29 is 9.47 Å². The maximum atomic E-state index is 5.27. The van der Waals surface area contributed by atoms with E-state index in [9.17, 15) is 0 Å². The summed E-state index contributed by atoms with van der Waals surface area (Å²) in [6, 6.07) is 19.8. The lowest BCUT2D eigenvalue weighted by atomic mass is 10.1. The second kappa shape index (κ2) is 7.56. The number of pyridine rings is 1. The van der Waals surface area contributed by atoms with E-state index in [1.54, 1.807) is 14.2 Å². The quantitative estimate of drug-likeness (QED) is 0.460. The van der Waals surface area contributed by atoms with Gasteiger partial charge in [0.15, 0.2) is 5.82 Å². The van der Waals surface area contributed by atoms with E-state index in [4.69, 9.17) is 19.5 Å². The molecular formula is C23H21N3O2. The van der Waals surface area contributed by atoms with Gasteiger partial charge in [-0.3, -0.25) is 4.40 Å². The van der Waals surface area contributed by atoms with Crippen LogP contribution in [0, 0.1) is 6.92 Å². The van der Waals surface area contributed by atoms with Crippen LogP contribution in [-0.4, -0.2) is 29.8 Å². The fourth-order valence-electron chi connectivity index (χ4n) is 3.03. The van der Waals surface area contributed by atoms with Crippen LogP contribution in [0.3, 0.4) is 0 Å². The summed E-state index contributed by atoms with van der Waals surface area (Å²) in [4.78, 5) is 9.60. The Labute approximate surface area is 163 Å². The molecule has 0 radical (unpaired) electrons. The molecule has 0 aliphatic rings. The molecule has 28 heavy (non-hydrogen) atoms. The number of aromatic nitrogens is 2. The Hall–Kier alpha value is -3.60. The molecule has 140 valence electrons. The van der Waals surface area contributed by atoms with E-state index >= 15 is 0 Å². The van der Waals surface area contributed by atoms with E-state index in [1.165, 1.54) is 0 Å². The maximum Gasteiger partial charge on any atom is 0.165 e. The zero-order valence-electron chi connectivity index (χ0n) is 16.1. The molecule has 4 aromatic rings. The third kappa shape index (κ3) is 3.47. The van der Waals surface area contributed by atoms with Crippen LogP contribution < -0.4 is 9.47 Å². The summed E-state index contributed by atoms with van der Waals surface area (Å²) in [5.74, 6) is 2.42. The van der Waals surface area contributed by atoms with Gasteiger partial charge in [0.25, 0.3) is 0 Å². The van der Waals surface area contributed by atoms with Gasteiger partial charge in [-0.1, -0.05) is 0 Å². The number of ether oxygens (including phenoxy) is 2. The minimum atomic E-state index is 0.788. The highest BCUT2D eigenvalue weighted by atomic mass is 16.5. The zero-order valence-corrected chi connectivity index (χ0v) is 16.1. The monoisotopic (exact) mass is 371 g/mol. The Morgan fingerprint density at radius 3 is 2.18 bits per heavy atom. The van der Waals surface area contributed by atoms with E-state index in [0.717, 1.165) is 45.3 Å². The predicted octanol–water partition coefficient (Wildman–Crippen LogP) is 5.08. The van der Waals surface area contributed by atoms with Crippen molar-refractivity contribution in [2.45, 2.75) is 6.92 Å². The van der Waals surface area contributed by atoms with E-state index in [1.807, 2.05) is 65.3 Å². The highest BCUT2D eigenvalue weighted by molar-refractivity contribution is 5.85. The van der Waals surface area contributed by atoms with Crippen molar-refractivity contribution in [2.24, 2.45) is 4.99 Å². The molecule has 0 saturated heterocycles. The standard InChI is InChI=1S/C23H21N3O2/c1-16-12-13-26-21(14-16)25-22(18-6-10-20(28-3)11-7-18)23(26)24-15-17-4-8-19(27-2)9-5-17/h4-15H,1-3H3/b24-15+. The highest BCUT2D eigenvalue weighted by Gasteiger charge is 2.13. The largest absolute Gasteiger partial charge is 0.497 e. The van der Waals surface area contributed by atoms with Gasteiger partial charge in [-0.05, 0) is 78.7 Å². The summed E-state index contributed by atoms with van der Waals surface area (Å²) in [7, 11) is 3.32. The molecule has 0 aliphatic heterocycles. The first-order chi connectivity index (χ1) is 13.7. The molecule has 2 aromatic carbocycles. The van der Waals surface area contributed by atoms with E-state index in [2.05, 4.69) is 19.1 Å². The Kier molecular flexibility index (Phi) is 4.81. The number of benzene rings is 2. The normalized spacial score (nSPS) is 11.2. The molecule has 0 amide bonds. The molecule has 0 N–H and O–H groups in total. The Balaban J connectivity index is 1.80. The number of hydrogen-bond donors (Lipinski definition) is 0. The average Bonchev–Trinajstić information content (AvgIpc) is 3.10. The summed E-state index contributed by atoms with van der Waals surface area (Å²) in [5.41, 5.74) is 4.84. The molecule has 5 nitrogen and oxygen atoms in total. The van der Waals surface area contributed by atoms with Crippen LogP contribution in [0.4, 0.5) is 5.82 Å². The van der Waals surface area contributed by atoms with Gasteiger partial charge in [0, 0.05) is 18.0 Å². The lowest BCUT2D eigenvalue weighted by Gasteiger charge is -2.03. The number of aliphatic imine (C=N–C) groups is 1. The lowest BCUT2D eigenvalue weighted by molar-refractivity contribution is 0.414. The van der Waals surface area contributed by atoms with Crippen LogP contribution in [0.15, 0.2) is 71.9 Å². The van der Waals surface area contributed by atoms with Crippen molar-refractivity contribution >= 4 is 17.7 Å².